The van der Waals surface area contributed by atoms with E-state index < -0.39 is 0 Å². The Morgan fingerprint density at radius 3 is 2.45 bits per heavy atom. The molecule has 0 atom stereocenters. The third kappa shape index (κ3) is 4.73. The number of hydrazone groups is 1. The minimum absolute atomic E-state index is 0.348. The summed E-state index contributed by atoms with van der Waals surface area (Å²) in [5.41, 5.74) is 4.84. The Kier molecular flexibility index (Phi) is 6.24. The van der Waals surface area contributed by atoms with E-state index in [1.165, 1.54) is 0 Å². The van der Waals surface area contributed by atoms with Gasteiger partial charge in [0.25, 0.3) is 5.91 Å². The predicted molar refractivity (Wildman–Crippen MR) is 123 cm³/mol. The molecule has 5 nitrogen and oxygen atoms in total. The summed E-state index contributed by atoms with van der Waals surface area (Å²) >= 11 is 0. The Morgan fingerprint density at radius 1 is 0.871 bits per heavy atom. The van der Waals surface area contributed by atoms with E-state index in [1.807, 2.05) is 72.8 Å². The van der Waals surface area contributed by atoms with Gasteiger partial charge in [-0.1, -0.05) is 72.8 Å². The second-order valence-electron chi connectivity index (χ2n) is 6.87. The number of methoxy groups -OCH3 is 1. The molecule has 1 N–H and O–H groups in total. The molecule has 0 radical (unpaired) electrons. The molecule has 1 amide bonds. The number of benzene rings is 4. The van der Waals surface area contributed by atoms with Gasteiger partial charge in [-0.2, -0.15) is 5.10 Å². The Hall–Kier alpha value is -4.12. The van der Waals surface area contributed by atoms with Crippen LogP contribution >= 0.6 is 0 Å². The van der Waals surface area contributed by atoms with Gasteiger partial charge < -0.3 is 9.47 Å². The van der Waals surface area contributed by atoms with Crippen LogP contribution in [-0.2, 0) is 6.61 Å². The van der Waals surface area contributed by atoms with Crippen molar-refractivity contribution in [2.45, 2.75) is 6.61 Å². The molecule has 154 valence electrons. The van der Waals surface area contributed by atoms with Gasteiger partial charge in [-0.15, -0.1) is 0 Å². The maximum atomic E-state index is 12.7. The number of para-hydroxylation sites is 1. The van der Waals surface area contributed by atoms with Gasteiger partial charge >= 0.3 is 0 Å². The van der Waals surface area contributed by atoms with Gasteiger partial charge in [-0.05, 0) is 34.5 Å². The van der Waals surface area contributed by atoms with Gasteiger partial charge in [0.05, 0.1) is 18.9 Å². The molecule has 0 heterocycles. The molecule has 4 aromatic rings. The van der Waals surface area contributed by atoms with Crippen molar-refractivity contribution in [1.29, 1.82) is 0 Å². The summed E-state index contributed by atoms with van der Waals surface area (Å²) < 4.78 is 11.3. The fraction of sp³-hybridized carbons (Fsp3) is 0.0769. The summed E-state index contributed by atoms with van der Waals surface area (Å²) in [5, 5.41) is 6.23. The van der Waals surface area contributed by atoms with Crippen molar-refractivity contribution in [3.05, 3.63) is 108 Å². The molecule has 0 fully saturated rings. The van der Waals surface area contributed by atoms with Crippen molar-refractivity contribution in [3.8, 4) is 11.5 Å². The Morgan fingerprint density at radius 2 is 1.61 bits per heavy atom. The topological polar surface area (TPSA) is 59.9 Å². The van der Waals surface area contributed by atoms with Crippen molar-refractivity contribution in [2.24, 2.45) is 5.10 Å². The number of rotatable bonds is 7. The third-order valence-electron chi connectivity index (χ3n) is 4.88. The number of carbonyl (C=O) groups excluding carboxylic acids is 1. The first-order chi connectivity index (χ1) is 15.3. The minimum Gasteiger partial charge on any atom is -0.496 e. The molecular formula is C26H22N2O3. The molecule has 0 aliphatic rings. The quantitative estimate of drug-likeness (QED) is 0.337. The average molecular weight is 410 g/mol. The zero-order chi connectivity index (χ0) is 21.5. The van der Waals surface area contributed by atoms with Crippen molar-refractivity contribution in [3.63, 3.8) is 0 Å². The highest BCUT2D eigenvalue weighted by Crippen LogP contribution is 2.26. The number of ether oxygens (including phenoxy) is 2. The van der Waals surface area contributed by atoms with Crippen LogP contribution in [0.1, 0.15) is 21.5 Å². The monoisotopic (exact) mass is 410 g/mol. The average Bonchev–Trinajstić information content (AvgIpc) is 2.83. The zero-order valence-corrected chi connectivity index (χ0v) is 17.1. The number of fused-ring (bicyclic) bond motifs is 1. The molecule has 0 aliphatic carbocycles. The highest BCUT2D eigenvalue weighted by Gasteiger charge is 2.12. The van der Waals surface area contributed by atoms with Crippen LogP contribution in [0.3, 0.4) is 0 Å². The van der Waals surface area contributed by atoms with Crippen LogP contribution in [0, 0.1) is 0 Å². The van der Waals surface area contributed by atoms with Gasteiger partial charge in [0, 0.05) is 5.56 Å². The SMILES string of the molecule is COc1ccc2ccccc2c1C=NNC(=O)c1ccccc1OCc1ccccc1. The summed E-state index contributed by atoms with van der Waals surface area (Å²) in [6.45, 7) is 0.377. The highest BCUT2D eigenvalue weighted by atomic mass is 16.5. The minimum atomic E-state index is -0.348. The maximum absolute atomic E-state index is 12.7. The largest absolute Gasteiger partial charge is 0.496 e. The lowest BCUT2D eigenvalue weighted by atomic mass is 10.0. The number of carbonyl (C=O) groups is 1. The summed E-state index contributed by atoms with van der Waals surface area (Å²) in [5.74, 6) is 0.837. The van der Waals surface area contributed by atoms with E-state index in [-0.39, 0.29) is 5.91 Å². The predicted octanol–water partition coefficient (Wildman–Crippen LogP) is 5.19. The summed E-state index contributed by atoms with van der Waals surface area (Å²) in [7, 11) is 1.61. The second kappa shape index (κ2) is 9.59. The molecule has 4 rings (SSSR count). The second-order valence-corrected chi connectivity index (χ2v) is 6.87. The van der Waals surface area contributed by atoms with Gasteiger partial charge in [0.1, 0.15) is 18.1 Å². The lowest BCUT2D eigenvalue weighted by molar-refractivity contribution is 0.0950. The van der Waals surface area contributed by atoms with Crippen LogP contribution in [-0.4, -0.2) is 19.2 Å². The number of nitrogens with zero attached hydrogens (tertiary/aromatic N) is 1. The van der Waals surface area contributed by atoms with E-state index in [1.54, 1.807) is 31.5 Å². The van der Waals surface area contributed by atoms with Crippen molar-refractivity contribution < 1.29 is 14.3 Å². The molecule has 31 heavy (non-hydrogen) atoms. The molecule has 5 heteroatoms. The fourth-order valence-electron chi connectivity index (χ4n) is 3.32. The van der Waals surface area contributed by atoms with Gasteiger partial charge in [-0.25, -0.2) is 5.43 Å². The van der Waals surface area contributed by atoms with E-state index in [0.29, 0.717) is 23.7 Å². The Labute approximate surface area is 180 Å². The van der Waals surface area contributed by atoms with Crippen molar-refractivity contribution >= 4 is 22.9 Å². The number of amides is 1. The van der Waals surface area contributed by atoms with Crippen molar-refractivity contribution in [1.82, 2.24) is 5.43 Å². The smallest absolute Gasteiger partial charge is 0.275 e. The number of hydrogen-bond donors (Lipinski definition) is 1. The molecule has 0 saturated carbocycles. The van der Waals surface area contributed by atoms with Crippen LogP contribution in [0.25, 0.3) is 10.8 Å². The summed E-state index contributed by atoms with van der Waals surface area (Å²) in [6.07, 6.45) is 1.60. The van der Waals surface area contributed by atoms with Crippen LogP contribution in [0.2, 0.25) is 0 Å². The molecule has 0 saturated heterocycles. The van der Waals surface area contributed by atoms with Gasteiger partial charge in [0.2, 0.25) is 0 Å². The Bertz CT molecular complexity index is 1220. The normalized spacial score (nSPS) is 10.9. The first kappa shape index (κ1) is 20.2. The van der Waals surface area contributed by atoms with Crippen LogP contribution in [0.5, 0.6) is 11.5 Å². The standard InChI is InChI=1S/C26H22N2O3/c1-30-24-16-15-20-11-5-6-12-21(20)23(24)17-27-28-26(29)22-13-7-8-14-25(22)31-18-19-9-3-2-4-10-19/h2-17H,18H2,1H3,(H,28,29). The lowest BCUT2D eigenvalue weighted by Gasteiger charge is -2.11. The first-order valence-corrected chi connectivity index (χ1v) is 9.91. The summed E-state index contributed by atoms with van der Waals surface area (Å²) in [6, 6.07) is 28.7. The lowest BCUT2D eigenvalue weighted by Crippen LogP contribution is -2.18. The number of hydrogen-bond acceptors (Lipinski definition) is 4. The molecule has 4 aromatic carbocycles. The molecule has 0 aromatic heterocycles. The number of nitrogens with one attached hydrogen (secondary N) is 1. The fourth-order valence-corrected chi connectivity index (χ4v) is 3.32. The summed E-state index contributed by atoms with van der Waals surface area (Å²) in [4.78, 5) is 12.7. The molecular weight excluding hydrogens is 388 g/mol. The first-order valence-electron chi connectivity index (χ1n) is 9.91. The molecule has 0 bridgehead atoms. The zero-order valence-electron chi connectivity index (χ0n) is 17.1. The van der Waals surface area contributed by atoms with Crippen LogP contribution in [0.4, 0.5) is 0 Å². The molecule has 0 spiro atoms. The van der Waals surface area contributed by atoms with Crippen molar-refractivity contribution in [2.75, 3.05) is 7.11 Å². The van der Waals surface area contributed by atoms with Gasteiger partial charge in [-0.3, -0.25) is 4.79 Å². The third-order valence-corrected chi connectivity index (χ3v) is 4.88. The van der Waals surface area contributed by atoms with E-state index in [0.717, 1.165) is 21.9 Å². The van der Waals surface area contributed by atoms with E-state index in [2.05, 4.69) is 10.5 Å². The highest BCUT2D eigenvalue weighted by molar-refractivity contribution is 6.03. The maximum Gasteiger partial charge on any atom is 0.275 e. The van der Waals surface area contributed by atoms with E-state index in [9.17, 15) is 4.79 Å². The van der Waals surface area contributed by atoms with Gasteiger partial charge in [0.15, 0.2) is 0 Å². The van der Waals surface area contributed by atoms with E-state index in [4.69, 9.17) is 9.47 Å². The molecule has 0 aliphatic heterocycles. The van der Waals surface area contributed by atoms with E-state index >= 15 is 0 Å². The van der Waals surface area contributed by atoms with Crippen LogP contribution < -0.4 is 14.9 Å². The van der Waals surface area contributed by atoms with Crippen LogP contribution in [0.15, 0.2) is 96.1 Å². The molecule has 0 unspecified atom stereocenters. The Balaban J connectivity index is 1.51.